The molecule has 2 N–H and O–H groups in total. The van der Waals surface area contributed by atoms with Crippen LogP contribution in [0, 0.1) is 11.3 Å². The molecule has 8 heteroatoms. The molecule has 1 aliphatic heterocycles. The van der Waals surface area contributed by atoms with E-state index in [2.05, 4.69) is 10.0 Å². The van der Waals surface area contributed by atoms with Crippen molar-refractivity contribution < 1.29 is 17.9 Å². The quantitative estimate of drug-likeness (QED) is 0.891. The Morgan fingerprint density at radius 1 is 1.22 bits per heavy atom. The van der Waals surface area contributed by atoms with Crippen LogP contribution in [0.2, 0.25) is 0 Å². The first-order valence-corrected chi connectivity index (χ1v) is 8.06. The minimum absolute atomic E-state index is 0.0506. The van der Waals surface area contributed by atoms with Crippen LogP contribution in [0.3, 0.4) is 0 Å². The number of benzene rings is 2. The van der Waals surface area contributed by atoms with Crippen LogP contribution in [0.4, 0.5) is 11.4 Å². The Kier molecular flexibility index (Phi) is 3.64. The van der Waals surface area contributed by atoms with Crippen LogP contribution in [0.25, 0.3) is 0 Å². The molecule has 0 atom stereocenters. The second kappa shape index (κ2) is 5.62. The van der Waals surface area contributed by atoms with Crippen LogP contribution < -0.4 is 14.8 Å². The molecule has 0 fully saturated rings. The van der Waals surface area contributed by atoms with Crippen LogP contribution in [-0.2, 0) is 14.8 Å². The number of ether oxygens (including phenoxy) is 1. The third-order valence-corrected chi connectivity index (χ3v) is 4.60. The van der Waals surface area contributed by atoms with Gasteiger partial charge < -0.3 is 10.1 Å². The van der Waals surface area contributed by atoms with Crippen LogP contribution in [-0.4, -0.2) is 20.9 Å². The first-order valence-electron chi connectivity index (χ1n) is 6.58. The number of nitriles is 1. The Balaban J connectivity index is 1.94. The Labute approximate surface area is 132 Å². The molecular formula is C15H11N3O4S. The van der Waals surface area contributed by atoms with Crippen LogP contribution in [0.15, 0.2) is 47.4 Å². The van der Waals surface area contributed by atoms with Gasteiger partial charge in [0.25, 0.3) is 15.9 Å². The predicted molar refractivity (Wildman–Crippen MR) is 82.5 cm³/mol. The minimum Gasteiger partial charge on any atom is -0.482 e. The fourth-order valence-corrected chi connectivity index (χ4v) is 3.36. The highest BCUT2D eigenvalue weighted by Gasteiger charge is 2.20. The van der Waals surface area contributed by atoms with Crippen molar-refractivity contribution in [1.29, 1.82) is 5.26 Å². The van der Waals surface area contributed by atoms with Crippen molar-refractivity contribution in [2.75, 3.05) is 16.6 Å². The van der Waals surface area contributed by atoms with E-state index in [1.54, 1.807) is 12.1 Å². The second-order valence-electron chi connectivity index (χ2n) is 4.76. The number of nitrogens with one attached hydrogen (secondary N) is 2. The Bertz CT molecular complexity index is 932. The molecule has 0 aromatic heterocycles. The van der Waals surface area contributed by atoms with E-state index in [0.29, 0.717) is 11.4 Å². The summed E-state index contributed by atoms with van der Waals surface area (Å²) in [5.74, 6) is 0.150. The van der Waals surface area contributed by atoms with Gasteiger partial charge in [-0.1, -0.05) is 12.1 Å². The Morgan fingerprint density at radius 3 is 2.78 bits per heavy atom. The van der Waals surface area contributed by atoms with Crippen molar-refractivity contribution >= 4 is 27.3 Å². The van der Waals surface area contributed by atoms with Crippen molar-refractivity contribution in [2.45, 2.75) is 4.90 Å². The maximum absolute atomic E-state index is 12.4. The monoisotopic (exact) mass is 329 g/mol. The summed E-state index contributed by atoms with van der Waals surface area (Å²) in [5, 5.41) is 11.6. The number of carbonyl (C=O) groups excluding carboxylic acids is 1. The average Bonchev–Trinajstić information content (AvgIpc) is 2.54. The summed E-state index contributed by atoms with van der Waals surface area (Å²) < 4.78 is 32.5. The van der Waals surface area contributed by atoms with Gasteiger partial charge in [0.1, 0.15) is 16.7 Å². The lowest BCUT2D eigenvalue weighted by molar-refractivity contribution is -0.118. The van der Waals surface area contributed by atoms with Gasteiger partial charge in [0, 0.05) is 0 Å². The van der Waals surface area contributed by atoms with Gasteiger partial charge in [0.05, 0.1) is 16.9 Å². The summed E-state index contributed by atoms with van der Waals surface area (Å²) in [4.78, 5) is 11.2. The molecule has 7 nitrogen and oxygen atoms in total. The maximum Gasteiger partial charge on any atom is 0.263 e. The Hall–Kier alpha value is -3.05. The average molecular weight is 329 g/mol. The standard InChI is InChI=1S/C15H11N3O4S/c16-8-10-3-1-2-4-14(10)23(20,21)18-11-5-6-13-12(7-11)17-15(19)9-22-13/h1-7,18H,9H2,(H,17,19). The molecule has 2 aromatic carbocycles. The lowest BCUT2D eigenvalue weighted by atomic mass is 10.2. The van der Waals surface area contributed by atoms with E-state index < -0.39 is 10.0 Å². The van der Waals surface area contributed by atoms with E-state index in [4.69, 9.17) is 10.00 Å². The van der Waals surface area contributed by atoms with Crippen molar-refractivity contribution in [3.8, 4) is 11.8 Å². The highest BCUT2D eigenvalue weighted by atomic mass is 32.2. The summed E-state index contributed by atoms with van der Waals surface area (Å²) in [5.41, 5.74) is 0.687. The molecule has 0 saturated carbocycles. The molecule has 23 heavy (non-hydrogen) atoms. The van der Waals surface area contributed by atoms with Crippen LogP contribution in [0.1, 0.15) is 5.56 Å². The third kappa shape index (κ3) is 2.95. The van der Waals surface area contributed by atoms with Gasteiger partial charge >= 0.3 is 0 Å². The summed E-state index contributed by atoms with van der Waals surface area (Å²) in [6.07, 6.45) is 0. The van der Waals surface area contributed by atoms with E-state index in [9.17, 15) is 13.2 Å². The Morgan fingerprint density at radius 2 is 2.00 bits per heavy atom. The van der Waals surface area contributed by atoms with Crippen molar-refractivity contribution in [3.05, 3.63) is 48.0 Å². The van der Waals surface area contributed by atoms with Gasteiger partial charge in [-0.2, -0.15) is 5.26 Å². The summed E-state index contributed by atoms with van der Waals surface area (Å²) in [6, 6.07) is 12.3. The summed E-state index contributed by atoms with van der Waals surface area (Å²) in [6.45, 7) is -0.0758. The molecule has 1 aliphatic rings. The molecule has 2 aromatic rings. The normalized spacial score (nSPS) is 13.3. The molecule has 0 unspecified atom stereocenters. The number of rotatable bonds is 3. The number of anilines is 2. The van der Waals surface area contributed by atoms with E-state index in [-0.39, 0.29) is 28.7 Å². The number of fused-ring (bicyclic) bond motifs is 1. The zero-order chi connectivity index (χ0) is 16.4. The molecule has 1 heterocycles. The number of nitrogens with zero attached hydrogens (tertiary/aromatic N) is 1. The van der Waals surface area contributed by atoms with Crippen LogP contribution in [0.5, 0.6) is 5.75 Å². The number of hydrogen-bond donors (Lipinski definition) is 2. The molecule has 0 saturated heterocycles. The van der Waals surface area contributed by atoms with Crippen molar-refractivity contribution in [2.24, 2.45) is 0 Å². The summed E-state index contributed by atoms with van der Waals surface area (Å²) in [7, 11) is -3.92. The largest absolute Gasteiger partial charge is 0.482 e. The van der Waals surface area contributed by atoms with E-state index in [1.807, 2.05) is 6.07 Å². The number of sulfonamides is 1. The highest BCUT2D eigenvalue weighted by molar-refractivity contribution is 7.92. The fourth-order valence-electron chi connectivity index (χ4n) is 2.15. The van der Waals surface area contributed by atoms with Crippen molar-refractivity contribution in [1.82, 2.24) is 0 Å². The van der Waals surface area contributed by atoms with Gasteiger partial charge in [-0.3, -0.25) is 9.52 Å². The smallest absolute Gasteiger partial charge is 0.263 e. The number of hydrogen-bond acceptors (Lipinski definition) is 5. The molecular weight excluding hydrogens is 318 g/mol. The zero-order valence-corrected chi connectivity index (χ0v) is 12.6. The lowest BCUT2D eigenvalue weighted by Gasteiger charge is -2.19. The third-order valence-electron chi connectivity index (χ3n) is 3.16. The SMILES string of the molecule is N#Cc1ccccc1S(=O)(=O)Nc1ccc2c(c1)NC(=O)CO2. The van der Waals surface area contributed by atoms with Crippen LogP contribution >= 0.6 is 0 Å². The highest BCUT2D eigenvalue weighted by Crippen LogP contribution is 2.31. The van der Waals surface area contributed by atoms with Gasteiger partial charge in [0.15, 0.2) is 6.61 Å². The van der Waals surface area contributed by atoms with E-state index in [0.717, 1.165) is 0 Å². The maximum atomic E-state index is 12.4. The molecule has 0 radical (unpaired) electrons. The topological polar surface area (TPSA) is 108 Å². The first kappa shape index (κ1) is 14.9. The first-order chi connectivity index (χ1) is 11.0. The lowest BCUT2D eigenvalue weighted by Crippen LogP contribution is -2.25. The van der Waals surface area contributed by atoms with Gasteiger partial charge in [0.2, 0.25) is 0 Å². The molecule has 0 spiro atoms. The predicted octanol–water partition coefficient (Wildman–Crippen LogP) is 1.69. The van der Waals surface area contributed by atoms with Crippen molar-refractivity contribution in [3.63, 3.8) is 0 Å². The molecule has 116 valence electrons. The van der Waals surface area contributed by atoms with E-state index >= 15 is 0 Å². The fraction of sp³-hybridized carbons (Fsp3) is 0.0667. The molecule has 0 bridgehead atoms. The summed E-state index contributed by atoms with van der Waals surface area (Å²) >= 11 is 0. The van der Waals surface area contributed by atoms with Gasteiger partial charge in [-0.25, -0.2) is 8.42 Å². The number of amides is 1. The van der Waals surface area contributed by atoms with E-state index in [1.165, 1.54) is 30.3 Å². The van der Waals surface area contributed by atoms with Gasteiger partial charge in [-0.15, -0.1) is 0 Å². The second-order valence-corrected chi connectivity index (χ2v) is 6.41. The zero-order valence-electron chi connectivity index (χ0n) is 11.7. The molecule has 1 amide bonds. The molecule has 0 aliphatic carbocycles. The molecule has 3 rings (SSSR count). The minimum atomic E-state index is -3.92. The van der Waals surface area contributed by atoms with Gasteiger partial charge in [-0.05, 0) is 30.3 Å². The number of carbonyl (C=O) groups is 1.